The van der Waals surface area contributed by atoms with Crippen LogP contribution in [-0.4, -0.2) is 14.7 Å². The Morgan fingerprint density at radius 2 is 2.00 bits per heavy atom. The third kappa shape index (κ3) is 1.45. The largest absolute Gasteiger partial charge is 0.464 e. The van der Waals surface area contributed by atoms with E-state index >= 15 is 0 Å². The summed E-state index contributed by atoms with van der Waals surface area (Å²) in [5.74, 6) is 0. The Balaban J connectivity index is 2.75. The van der Waals surface area contributed by atoms with E-state index in [0.717, 1.165) is 5.39 Å². The molecule has 1 heterocycles. The first kappa shape index (κ1) is 8.31. The first-order chi connectivity index (χ1) is 6.07. The molecule has 13 heavy (non-hydrogen) atoms. The monoisotopic (exact) mass is 196 g/mol. The van der Waals surface area contributed by atoms with E-state index in [0.29, 0.717) is 10.5 Å². The van der Waals surface area contributed by atoms with Gasteiger partial charge in [-0.15, -0.1) is 0 Å². The summed E-state index contributed by atoms with van der Waals surface area (Å²) < 4.78 is 27.4. The number of furan rings is 1. The van der Waals surface area contributed by atoms with Crippen LogP contribution in [0.1, 0.15) is 0 Å². The molecule has 0 spiro atoms. The van der Waals surface area contributed by atoms with Gasteiger partial charge in [-0.3, -0.25) is 0 Å². The average molecular weight is 196 g/mol. The average Bonchev–Trinajstić information content (AvgIpc) is 2.47. The summed E-state index contributed by atoms with van der Waals surface area (Å²) in [5, 5.41) is 0.808. The summed E-state index contributed by atoms with van der Waals surface area (Å²) in [6.45, 7) is 0. The SMILES string of the molecule is CS(=O)(=O)c1ccc2occc2c1. The van der Waals surface area contributed by atoms with Crippen molar-refractivity contribution in [3.8, 4) is 0 Å². The molecular formula is C9H8O3S. The van der Waals surface area contributed by atoms with E-state index in [9.17, 15) is 8.42 Å². The fourth-order valence-electron chi connectivity index (χ4n) is 1.18. The van der Waals surface area contributed by atoms with Gasteiger partial charge >= 0.3 is 0 Å². The van der Waals surface area contributed by atoms with E-state index in [1.54, 1.807) is 24.3 Å². The van der Waals surface area contributed by atoms with Crippen LogP contribution < -0.4 is 0 Å². The summed E-state index contributed by atoms with van der Waals surface area (Å²) in [5.41, 5.74) is 0.701. The molecule has 0 radical (unpaired) electrons. The summed E-state index contributed by atoms with van der Waals surface area (Å²) in [7, 11) is -3.11. The topological polar surface area (TPSA) is 47.3 Å². The Kier molecular flexibility index (Phi) is 1.66. The number of rotatable bonds is 1. The number of fused-ring (bicyclic) bond motifs is 1. The zero-order valence-corrected chi connectivity index (χ0v) is 7.84. The van der Waals surface area contributed by atoms with Crippen molar-refractivity contribution in [3.05, 3.63) is 30.5 Å². The van der Waals surface area contributed by atoms with E-state index in [4.69, 9.17) is 4.42 Å². The van der Waals surface area contributed by atoms with Crippen molar-refractivity contribution in [2.24, 2.45) is 0 Å². The van der Waals surface area contributed by atoms with E-state index in [1.807, 2.05) is 0 Å². The lowest BCUT2D eigenvalue weighted by Gasteiger charge is -1.96. The van der Waals surface area contributed by atoms with E-state index in [1.165, 1.54) is 12.5 Å². The Morgan fingerprint density at radius 3 is 2.69 bits per heavy atom. The van der Waals surface area contributed by atoms with Crippen LogP contribution >= 0.6 is 0 Å². The molecule has 0 aliphatic heterocycles. The maximum absolute atomic E-state index is 11.2. The van der Waals surface area contributed by atoms with Gasteiger partial charge in [0, 0.05) is 11.6 Å². The molecule has 0 saturated carbocycles. The third-order valence-electron chi connectivity index (χ3n) is 1.85. The molecule has 0 fully saturated rings. The van der Waals surface area contributed by atoms with Crippen LogP contribution in [0, 0.1) is 0 Å². The molecule has 3 nitrogen and oxygen atoms in total. The minimum Gasteiger partial charge on any atom is -0.464 e. The highest BCUT2D eigenvalue weighted by Crippen LogP contribution is 2.19. The van der Waals surface area contributed by atoms with Gasteiger partial charge in [-0.2, -0.15) is 0 Å². The minimum atomic E-state index is -3.11. The van der Waals surface area contributed by atoms with Crippen molar-refractivity contribution >= 4 is 20.8 Å². The molecule has 0 aliphatic rings. The molecule has 0 aliphatic carbocycles. The normalized spacial score (nSPS) is 12.1. The number of hydrogen-bond donors (Lipinski definition) is 0. The van der Waals surface area contributed by atoms with Gasteiger partial charge in [0.15, 0.2) is 9.84 Å². The molecule has 0 saturated heterocycles. The van der Waals surface area contributed by atoms with Gasteiger partial charge in [-0.25, -0.2) is 8.42 Å². The Labute approximate surface area is 75.9 Å². The fraction of sp³-hybridized carbons (Fsp3) is 0.111. The van der Waals surface area contributed by atoms with Crippen molar-refractivity contribution in [2.45, 2.75) is 4.90 Å². The first-order valence-electron chi connectivity index (χ1n) is 3.75. The van der Waals surface area contributed by atoms with Crippen molar-refractivity contribution in [3.63, 3.8) is 0 Å². The highest BCUT2D eigenvalue weighted by molar-refractivity contribution is 7.90. The minimum absolute atomic E-state index is 0.321. The smallest absolute Gasteiger partial charge is 0.175 e. The quantitative estimate of drug-likeness (QED) is 0.699. The number of sulfone groups is 1. The Hall–Kier alpha value is -1.29. The van der Waals surface area contributed by atoms with Gasteiger partial charge in [0.05, 0.1) is 11.2 Å². The van der Waals surface area contributed by atoms with Gasteiger partial charge < -0.3 is 4.42 Å². The molecule has 0 amide bonds. The molecule has 0 bridgehead atoms. The predicted octanol–water partition coefficient (Wildman–Crippen LogP) is 1.84. The summed E-state index contributed by atoms with van der Waals surface area (Å²) in [6.07, 6.45) is 2.73. The highest BCUT2D eigenvalue weighted by atomic mass is 32.2. The second-order valence-corrected chi connectivity index (χ2v) is 4.91. The van der Waals surface area contributed by atoms with Crippen LogP contribution in [-0.2, 0) is 9.84 Å². The zero-order chi connectivity index (χ0) is 9.47. The van der Waals surface area contributed by atoms with Crippen molar-refractivity contribution in [1.29, 1.82) is 0 Å². The van der Waals surface area contributed by atoms with Crippen LogP contribution in [0.2, 0.25) is 0 Å². The number of benzene rings is 1. The number of hydrogen-bond acceptors (Lipinski definition) is 3. The molecule has 1 aromatic heterocycles. The molecule has 0 unspecified atom stereocenters. The van der Waals surface area contributed by atoms with E-state index in [2.05, 4.69) is 0 Å². The van der Waals surface area contributed by atoms with Crippen molar-refractivity contribution < 1.29 is 12.8 Å². The van der Waals surface area contributed by atoms with Crippen LogP contribution in [0.25, 0.3) is 11.0 Å². The molecule has 2 aromatic rings. The molecule has 2 rings (SSSR count). The van der Waals surface area contributed by atoms with Crippen LogP contribution in [0.4, 0.5) is 0 Å². The van der Waals surface area contributed by atoms with Gasteiger partial charge in [0.25, 0.3) is 0 Å². The zero-order valence-electron chi connectivity index (χ0n) is 7.02. The molecule has 68 valence electrons. The lowest BCUT2D eigenvalue weighted by Crippen LogP contribution is -1.95. The second kappa shape index (κ2) is 2.60. The lowest BCUT2D eigenvalue weighted by molar-refractivity contribution is 0.601. The van der Waals surface area contributed by atoms with Gasteiger partial charge in [-0.1, -0.05) is 0 Å². The summed E-state index contributed by atoms with van der Waals surface area (Å²) in [6, 6.07) is 6.55. The van der Waals surface area contributed by atoms with E-state index < -0.39 is 9.84 Å². The molecular weight excluding hydrogens is 188 g/mol. The summed E-state index contributed by atoms with van der Waals surface area (Å²) in [4.78, 5) is 0.321. The second-order valence-electron chi connectivity index (χ2n) is 2.89. The highest BCUT2D eigenvalue weighted by Gasteiger charge is 2.07. The van der Waals surface area contributed by atoms with Crippen LogP contribution in [0.3, 0.4) is 0 Å². The van der Waals surface area contributed by atoms with Gasteiger partial charge in [0.1, 0.15) is 5.58 Å². The van der Waals surface area contributed by atoms with Gasteiger partial charge in [0.2, 0.25) is 0 Å². The molecule has 0 atom stereocenters. The van der Waals surface area contributed by atoms with Crippen molar-refractivity contribution in [1.82, 2.24) is 0 Å². The molecule has 1 aromatic carbocycles. The maximum atomic E-state index is 11.2. The maximum Gasteiger partial charge on any atom is 0.175 e. The van der Waals surface area contributed by atoms with Crippen molar-refractivity contribution in [2.75, 3.05) is 6.26 Å². The summed E-state index contributed by atoms with van der Waals surface area (Å²) >= 11 is 0. The molecule has 4 heteroatoms. The van der Waals surface area contributed by atoms with E-state index in [-0.39, 0.29) is 0 Å². The lowest BCUT2D eigenvalue weighted by atomic mass is 10.3. The van der Waals surface area contributed by atoms with Crippen LogP contribution in [0.5, 0.6) is 0 Å². The predicted molar refractivity (Wildman–Crippen MR) is 49.3 cm³/mol. The Morgan fingerprint density at radius 1 is 1.23 bits per heavy atom. The van der Waals surface area contributed by atoms with Gasteiger partial charge in [-0.05, 0) is 24.3 Å². The third-order valence-corrected chi connectivity index (χ3v) is 2.96. The fourth-order valence-corrected chi connectivity index (χ4v) is 1.83. The van der Waals surface area contributed by atoms with Crippen LogP contribution in [0.15, 0.2) is 39.8 Å². The first-order valence-corrected chi connectivity index (χ1v) is 5.64. The standard InChI is InChI=1S/C9H8O3S/c1-13(10,11)8-2-3-9-7(6-8)4-5-12-9/h2-6H,1H3. The molecule has 0 N–H and O–H groups in total. The Bertz CT molecular complexity index is 537.